The van der Waals surface area contributed by atoms with Crippen molar-refractivity contribution >= 4 is 39.0 Å². The van der Waals surface area contributed by atoms with Crippen molar-refractivity contribution in [3.05, 3.63) is 46.1 Å². The summed E-state index contributed by atoms with van der Waals surface area (Å²) >= 11 is 1.50. The topological polar surface area (TPSA) is 49.3 Å². The number of hydrogen-bond donors (Lipinski definition) is 0. The molecule has 5 nitrogen and oxygen atoms in total. The first-order valence-electron chi connectivity index (χ1n) is 10.8. The third-order valence-corrected chi connectivity index (χ3v) is 7.16. The smallest absolute Gasteiger partial charge is 0.264 e. The number of nitrogens with zero attached hydrogens (tertiary/aromatic N) is 4. The molecule has 0 atom stereocenters. The van der Waals surface area contributed by atoms with Crippen LogP contribution in [0.25, 0.3) is 10.2 Å². The lowest BCUT2D eigenvalue weighted by atomic mass is 10.0. The van der Waals surface area contributed by atoms with Crippen LogP contribution in [0.5, 0.6) is 0 Å². The van der Waals surface area contributed by atoms with Gasteiger partial charge in [-0.15, -0.1) is 11.3 Å². The Labute approximate surface area is 182 Å². The summed E-state index contributed by atoms with van der Waals surface area (Å²) < 4.78 is 0. The molecule has 158 valence electrons. The van der Waals surface area contributed by atoms with Crippen molar-refractivity contribution in [2.45, 2.75) is 52.9 Å². The van der Waals surface area contributed by atoms with Gasteiger partial charge in [0.2, 0.25) is 0 Å². The Morgan fingerprint density at radius 3 is 2.37 bits per heavy atom. The molecule has 0 aliphatic carbocycles. The van der Waals surface area contributed by atoms with E-state index in [1.165, 1.54) is 23.3 Å². The summed E-state index contributed by atoms with van der Waals surface area (Å²) in [6.45, 7) is 10.1. The number of aryl methyl sites for hydroxylation is 2. The number of rotatable bonds is 4. The molecule has 4 rings (SSSR count). The first-order valence-corrected chi connectivity index (χ1v) is 11.6. The molecule has 0 unspecified atom stereocenters. The van der Waals surface area contributed by atoms with E-state index in [-0.39, 0.29) is 5.91 Å². The minimum absolute atomic E-state index is 0.141. The fourth-order valence-corrected chi connectivity index (χ4v) is 5.30. The van der Waals surface area contributed by atoms with Gasteiger partial charge in [0, 0.05) is 25.8 Å². The van der Waals surface area contributed by atoms with Gasteiger partial charge in [0.25, 0.3) is 5.91 Å². The van der Waals surface area contributed by atoms with Gasteiger partial charge in [-0.05, 0) is 62.3 Å². The highest BCUT2D eigenvalue weighted by molar-refractivity contribution is 7.20. The van der Waals surface area contributed by atoms with Crippen LogP contribution in [0.1, 0.15) is 65.7 Å². The molecule has 0 radical (unpaired) electrons. The Kier molecular flexibility index (Phi) is 5.78. The van der Waals surface area contributed by atoms with E-state index in [0.717, 1.165) is 63.9 Å². The summed E-state index contributed by atoms with van der Waals surface area (Å²) in [5, 5.41) is 0.987. The highest BCUT2D eigenvalue weighted by atomic mass is 32.1. The Balaban J connectivity index is 1.76. The van der Waals surface area contributed by atoms with E-state index in [1.807, 2.05) is 25.8 Å². The van der Waals surface area contributed by atoms with Crippen molar-refractivity contribution in [1.82, 2.24) is 14.9 Å². The average Bonchev–Trinajstić information content (AvgIpc) is 3.08. The monoisotopic (exact) mass is 422 g/mol. The maximum Gasteiger partial charge on any atom is 0.264 e. The zero-order valence-corrected chi connectivity index (χ0v) is 19.3. The molecule has 30 heavy (non-hydrogen) atoms. The van der Waals surface area contributed by atoms with Crippen LogP contribution in [0.2, 0.25) is 0 Å². The second-order valence-electron chi connectivity index (χ2n) is 8.49. The molecule has 1 amide bonds. The fraction of sp³-hybridized carbons (Fsp3) is 0.458. The van der Waals surface area contributed by atoms with E-state index in [4.69, 9.17) is 4.98 Å². The largest absolute Gasteiger partial charge is 0.338 e. The quantitative estimate of drug-likeness (QED) is 0.531. The molecular formula is C24H30N4OS. The molecule has 1 aromatic carbocycles. The lowest BCUT2D eigenvalue weighted by Gasteiger charge is -2.26. The van der Waals surface area contributed by atoms with Gasteiger partial charge in [-0.2, -0.15) is 0 Å². The minimum Gasteiger partial charge on any atom is -0.338 e. The van der Waals surface area contributed by atoms with E-state index in [9.17, 15) is 4.79 Å². The highest BCUT2D eigenvalue weighted by Gasteiger charge is 2.26. The van der Waals surface area contributed by atoms with Gasteiger partial charge in [-0.3, -0.25) is 4.79 Å². The first-order chi connectivity index (χ1) is 14.4. The number of piperidine rings is 1. The number of amides is 1. The number of benzene rings is 1. The molecule has 0 bridgehead atoms. The molecule has 3 heterocycles. The molecule has 6 heteroatoms. The fourth-order valence-electron chi connectivity index (χ4n) is 4.11. The zero-order chi connectivity index (χ0) is 21.4. The first kappa shape index (κ1) is 20.8. The van der Waals surface area contributed by atoms with Gasteiger partial charge < -0.3 is 9.80 Å². The molecule has 2 aromatic heterocycles. The Hall–Kier alpha value is -2.47. The lowest BCUT2D eigenvalue weighted by molar-refractivity contribution is 0.0728. The SMILES string of the molecule is Cc1nc(N(C)c2ccc(C(C)C)cc2)c2c(C)c(C(=O)N3CCCCC3)sc2n1. The van der Waals surface area contributed by atoms with Crippen molar-refractivity contribution in [3.8, 4) is 0 Å². The zero-order valence-electron chi connectivity index (χ0n) is 18.5. The molecular weight excluding hydrogens is 392 g/mol. The number of hydrogen-bond acceptors (Lipinski definition) is 5. The summed E-state index contributed by atoms with van der Waals surface area (Å²) in [6.07, 6.45) is 3.40. The van der Waals surface area contributed by atoms with Crippen molar-refractivity contribution < 1.29 is 4.79 Å². The summed E-state index contributed by atoms with van der Waals surface area (Å²) in [5.41, 5.74) is 3.39. The number of thiophene rings is 1. The predicted octanol–water partition coefficient (Wildman–Crippen LogP) is 5.83. The molecule has 0 spiro atoms. The van der Waals surface area contributed by atoms with E-state index in [2.05, 4.69) is 48.0 Å². The van der Waals surface area contributed by atoms with Gasteiger partial charge in [0.15, 0.2) is 0 Å². The maximum absolute atomic E-state index is 13.2. The van der Waals surface area contributed by atoms with Gasteiger partial charge >= 0.3 is 0 Å². The van der Waals surface area contributed by atoms with Crippen LogP contribution in [0.3, 0.4) is 0 Å². The van der Waals surface area contributed by atoms with Crippen LogP contribution in [0.4, 0.5) is 11.5 Å². The van der Waals surface area contributed by atoms with E-state index in [1.54, 1.807) is 0 Å². The standard InChI is InChI=1S/C24H30N4OS/c1-15(2)18-9-11-19(12-10-18)27(5)22-20-16(3)21(30-23(20)26-17(4)25-22)24(29)28-13-7-6-8-14-28/h9-12,15H,6-8,13-14H2,1-5H3. The van der Waals surface area contributed by atoms with E-state index in [0.29, 0.717) is 5.92 Å². The summed E-state index contributed by atoms with van der Waals surface area (Å²) in [6, 6.07) is 8.63. The number of aromatic nitrogens is 2. The molecule has 1 fully saturated rings. The number of carbonyl (C=O) groups is 1. The number of fused-ring (bicyclic) bond motifs is 1. The predicted molar refractivity (Wildman–Crippen MR) is 125 cm³/mol. The molecule has 0 saturated carbocycles. The van der Waals surface area contributed by atoms with Crippen LogP contribution < -0.4 is 4.90 Å². The second kappa shape index (κ2) is 8.34. The van der Waals surface area contributed by atoms with Gasteiger partial charge in [-0.25, -0.2) is 9.97 Å². The molecule has 1 aliphatic rings. The Bertz CT molecular complexity index is 1060. The third kappa shape index (κ3) is 3.81. The van der Waals surface area contributed by atoms with Crippen LogP contribution in [-0.2, 0) is 0 Å². The van der Waals surface area contributed by atoms with Crippen LogP contribution in [-0.4, -0.2) is 40.9 Å². The highest BCUT2D eigenvalue weighted by Crippen LogP contribution is 2.38. The van der Waals surface area contributed by atoms with E-state index < -0.39 is 0 Å². The minimum atomic E-state index is 0.141. The summed E-state index contributed by atoms with van der Waals surface area (Å²) in [7, 11) is 2.04. The summed E-state index contributed by atoms with van der Waals surface area (Å²) in [4.78, 5) is 28.4. The number of anilines is 2. The lowest BCUT2D eigenvalue weighted by Crippen LogP contribution is -2.35. The van der Waals surface area contributed by atoms with Crippen molar-refractivity contribution in [1.29, 1.82) is 0 Å². The second-order valence-corrected chi connectivity index (χ2v) is 9.49. The average molecular weight is 423 g/mol. The normalized spacial score (nSPS) is 14.5. The Morgan fingerprint density at radius 1 is 1.07 bits per heavy atom. The third-order valence-electron chi connectivity index (χ3n) is 5.99. The van der Waals surface area contributed by atoms with Crippen LogP contribution in [0.15, 0.2) is 24.3 Å². The number of likely N-dealkylation sites (tertiary alicyclic amines) is 1. The van der Waals surface area contributed by atoms with Crippen molar-refractivity contribution in [2.75, 3.05) is 25.0 Å². The molecule has 0 N–H and O–H groups in total. The van der Waals surface area contributed by atoms with Crippen LogP contribution >= 0.6 is 11.3 Å². The molecule has 3 aromatic rings. The summed E-state index contributed by atoms with van der Waals surface area (Å²) in [5.74, 6) is 2.23. The van der Waals surface area contributed by atoms with Crippen molar-refractivity contribution in [2.24, 2.45) is 0 Å². The maximum atomic E-state index is 13.2. The molecule has 1 saturated heterocycles. The Morgan fingerprint density at radius 2 is 1.73 bits per heavy atom. The number of carbonyl (C=O) groups excluding carboxylic acids is 1. The van der Waals surface area contributed by atoms with Gasteiger partial charge in [-0.1, -0.05) is 26.0 Å². The van der Waals surface area contributed by atoms with Crippen LogP contribution in [0, 0.1) is 13.8 Å². The molecule has 1 aliphatic heterocycles. The van der Waals surface area contributed by atoms with E-state index >= 15 is 0 Å². The van der Waals surface area contributed by atoms with Gasteiger partial charge in [0.1, 0.15) is 16.5 Å². The van der Waals surface area contributed by atoms with Gasteiger partial charge in [0.05, 0.1) is 10.3 Å². The van der Waals surface area contributed by atoms with Crippen molar-refractivity contribution in [3.63, 3.8) is 0 Å².